The van der Waals surface area contributed by atoms with Gasteiger partial charge in [0, 0.05) is 12.0 Å². The molecule has 1 aromatic carbocycles. The van der Waals surface area contributed by atoms with Crippen molar-refractivity contribution in [2.75, 3.05) is 13.2 Å². The van der Waals surface area contributed by atoms with Gasteiger partial charge < -0.3 is 10.1 Å². The van der Waals surface area contributed by atoms with Gasteiger partial charge in [-0.15, -0.1) is 0 Å². The lowest BCUT2D eigenvalue weighted by Crippen LogP contribution is -2.48. The maximum atomic E-state index is 5.98. The molecule has 0 bridgehead atoms. The minimum absolute atomic E-state index is 0.645. The van der Waals surface area contributed by atoms with Crippen LogP contribution in [0.1, 0.15) is 38.2 Å². The lowest BCUT2D eigenvalue weighted by Gasteiger charge is -2.41. The molecule has 2 atom stereocenters. The molecule has 1 aliphatic heterocycles. The number of para-hydroxylation sites is 1. The lowest BCUT2D eigenvalue weighted by molar-refractivity contribution is 0.117. The van der Waals surface area contributed by atoms with Crippen LogP contribution in [0.3, 0.4) is 0 Å². The molecular formula is C17H25NO. The van der Waals surface area contributed by atoms with E-state index in [0.29, 0.717) is 12.0 Å². The van der Waals surface area contributed by atoms with E-state index in [9.17, 15) is 0 Å². The smallest absolute Gasteiger partial charge is 0.122 e. The van der Waals surface area contributed by atoms with Crippen molar-refractivity contribution in [1.29, 1.82) is 0 Å². The third kappa shape index (κ3) is 2.79. The number of hydrogen-bond donors (Lipinski definition) is 1. The van der Waals surface area contributed by atoms with Crippen molar-refractivity contribution in [2.24, 2.45) is 11.8 Å². The second kappa shape index (κ2) is 5.96. The number of fused-ring (bicyclic) bond motifs is 1. The third-order valence-electron chi connectivity index (χ3n) is 4.70. The molecular weight excluding hydrogens is 234 g/mol. The largest absolute Gasteiger partial charge is 0.493 e. The highest BCUT2D eigenvalue weighted by Crippen LogP contribution is 2.36. The number of hydrogen-bond acceptors (Lipinski definition) is 2. The van der Waals surface area contributed by atoms with E-state index in [1.165, 1.54) is 37.7 Å². The number of rotatable bonds is 5. The molecule has 1 aromatic rings. The van der Waals surface area contributed by atoms with Crippen LogP contribution >= 0.6 is 0 Å². The van der Waals surface area contributed by atoms with Crippen molar-refractivity contribution in [2.45, 2.75) is 45.1 Å². The minimum atomic E-state index is 0.645. The molecule has 19 heavy (non-hydrogen) atoms. The highest BCUT2D eigenvalue weighted by molar-refractivity contribution is 5.35. The number of ether oxygens (including phenoxy) is 1. The van der Waals surface area contributed by atoms with Gasteiger partial charge in [0.15, 0.2) is 0 Å². The summed E-state index contributed by atoms with van der Waals surface area (Å²) in [6.07, 6.45) is 6.61. The standard InChI is InChI=1S/C17H25NO/c1-2-10-18-17(13-7-5-8-13)15-11-14-6-3-4-9-16(14)19-12-15/h3-4,6,9,13,15,17-18H,2,5,7-8,10-12H2,1H3. The van der Waals surface area contributed by atoms with Crippen molar-refractivity contribution in [3.05, 3.63) is 29.8 Å². The molecule has 0 spiro atoms. The first-order chi connectivity index (χ1) is 9.38. The average Bonchev–Trinajstić information content (AvgIpc) is 2.40. The molecule has 1 heterocycles. The number of nitrogens with one attached hydrogen (secondary N) is 1. The fourth-order valence-corrected chi connectivity index (χ4v) is 3.41. The van der Waals surface area contributed by atoms with E-state index in [1.54, 1.807) is 0 Å². The average molecular weight is 259 g/mol. The van der Waals surface area contributed by atoms with Crippen LogP contribution in [-0.2, 0) is 6.42 Å². The molecule has 3 rings (SSSR count). The first-order valence-corrected chi connectivity index (χ1v) is 7.82. The Morgan fingerprint density at radius 1 is 1.26 bits per heavy atom. The van der Waals surface area contributed by atoms with E-state index in [-0.39, 0.29) is 0 Å². The molecule has 2 aliphatic rings. The van der Waals surface area contributed by atoms with Gasteiger partial charge in [0.05, 0.1) is 6.61 Å². The quantitative estimate of drug-likeness (QED) is 0.875. The van der Waals surface area contributed by atoms with Gasteiger partial charge in [0.1, 0.15) is 5.75 Å². The van der Waals surface area contributed by atoms with E-state index in [2.05, 4.69) is 36.5 Å². The Kier molecular flexibility index (Phi) is 4.07. The molecule has 0 aromatic heterocycles. The third-order valence-corrected chi connectivity index (χ3v) is 4.70. The van der Waals surface area contributed by atoms with E-state index in [0.717, 1.165) is 24.8 Å². The predicted octanol–water partition coefficient (Wildman–Crippen LogP) is 3.41. The van der Waals surface area contributed by atoms with Crippen molar-refractivity contribution in [1.82, 2.24) is 5.32 Å². The second-order valence-electron chi connectivity index (χ2n) is 6.05. The van der Waals surface area contributed by atoms with Crippen molar-refractivity contribution >= 4 is 0 Å². The molecule has 2 nitrogen and oxygen atoms in total. The van der Waals surface area contributed by atoms with E-state index >= 15 is 0 Å². The van der Waals surface area contributed by atoms with E-state index in [1.807, 2.05) is 0 Å². The maximum Gasteiger partial charge on any atom is 0.122 e. The van der Waals surface area contributed by atoms with Crippen molar-refractivity contribution in [3.8, 4) is 5.75 Å². The Morgan fingerprint density at radius 3 is 2.84 bits per heavy atom. The van der Waals surface area contributed by atoms with Crippen LogP contribution in [0.5, 0.6) is 5.75 Å². The summed E-state index contributed by atoms with van der Waals surface area (Å²) in [4.78, 5) is 0. The monoisotopic (exact) mass is 259 g/mol. The minimum Gasteiger partial charge on any atom is -0.493 e. The van der Waals surface area contributed by atoms with Gasteiger partial charge in [-0.05, 0) is 49.8 Å². The molecule has 2 heteroatoms. The van der Waals surface area contributed by atoms with Crippen LogP contribution in [0.2, 0.25) is 0 Å². The van der Waals surface area contributed by atoms with Gasteiger partial charge in [0.2, 0.25) is 0 Å². The van der Waals surface area contributed by atoms with E-state index < -0.39 is 0 Å². The maximum absolute atomic E-state index is 5.98. The molecule has 1 saturated carbocycles. The Balaban J connectivity index is 1.69. The molecule has 1 aliphatic carbocycles. The summed E-state index contributed by atoms with van der Waals surface area (Å²) >= 11 is 0. The van der Waals surface area contributed by atoms with Gasteiger partial charge in [-0.1, -0.05) is 31.5 Å². The summed E-state index contributed by atoms with van der Waals surface area (Å²) < 4.78 is 5.98. The normalized spacial score (nSPS) is 24.2. The topological polar surface area (TPSA) is 21.3 Å². The predicted molar refractivity (Wildman–Crippen MR) is 78.6 cm³/mol. The summed E-state index contributed by atoms with van der Waals surface area (Å²) in [5.41, 5.74) is 1.39. The second-order valence-corrected chi connectivity index (χ2v) is 6.05. The SMILES string of the molecule is CCCNC(C1CCC1)C1COc2ccccc2C1. The van der Waals surface area contributed by atoms with Crippen LogP contribution in [0.25, 0.3) is 0 Å². The van der Waals surface area contributed by atoms with Crippen LogP contribution in [-0.4, -0.2) is 19.2 Å². The first-order valence-electron chi connectivity index (χ1n) is 7.82. The summed E-state index contributed by atoms with van der Waals surface area (Å²) in [6.45, 7) is 4.27. The molecule has 1 fully saturated rings. The van der Waals surface area contributed by atoms with Gasteiger partial charge >= 0.3 is 0 Å². The Morgan fingerprint density at radius 2 is 2.11 bits per heavy atom. The van der Waals surface area contributed by atoms with Crippen molar-refractivity contribution < 1.29 is 4.74 Å². The van der Waals surface area contributed by atoms with E-state index in [4.69, 9.17) is 4.74 Å². The molecule has 0 radical (unpaired) electrons. The summed E-state index contributed by atoms with van der Waals surface area (Å²) in [5.74, 6) is 2.62. The first kappa shape index (κ1) is 13.0. The Labute approximate surface area is 116 Å². The molecule has 0 amide bonds. The summed E-state index contributed by atoms with van der Waals surface area (Å²) in [5, 5.41) is 3.79. The fourth-order valence-electron chi connectivity index (χ4n) is 3.41. The molecule has 1 N–H and O–H groups in total. The van der Waals surface area contributed by atoms with Crippen LogP contribution in [0, 0.1) is 11.8 Å². The van der Waals surface area contributed by atoms with Gasteiger partial charge in [-0.25, -0.2) is 0 Å². The highest BCUT2D eigenvalue weighted by atomic mass is 16.5. The summed E-state index contributed by atoms with van der Waals surface area (Å²) in [6, 6.07) is 9.17. The van der Waals surface area contributed by atoms with Crippen LogP contribution < -0.4 is 10.1 Å². The lowest BCUT2D eigenvalue weighted by atomic mass is 9.73. The molecule has 0 saturated heterocycles. The Hall–Kier alpha value is -1.02. The highest BCUT2D eigenvalue weighted by Gasteiger charge is 2.35. The zero-order valence-electron chi connectivity index (χ0n) is 11.9. The fraction of sp³-hybridized carbons (Fsp3) is 0.647. The van der Waals surface area contributed by atoms with Gasteiger partial charge in [0.25, 0.3) is 0 Å². The number of benzene rings is 1. The Bertz CT molecular complexity index is 413. The van der Waals surface area contributed by atoms with Gasteiger partial charge in [-0.3, -0.25) is 0 Å². The van der Waals surface area contributed by atoms with Crippen molar-refractivity contribution in [3.63, 3.8) is 0 Å². The molecule has 104 valence electrons. The van der Waals surface area contributed by atoms with Gasteiger partial charge in [-0.2, -0.15) is 0 Å². The zero-order valence-corrected chi connectivity index (χ0v) is 11.9. The summed E-state index contributed by atoms with van der Waals surface area (Å²) in [7, 11) is 0. The molecule has 2 unspecified atom stereocenters. The van der Waals surface area contributed by atoms with Crippen LogP contribution in [0.4, 0.5) is 0 Å². The zero-order chi connectivity index (χ0) is 13.1. The van der Waals surface area contributed by atoms with Crippen LogP contribution in [0.15, 0.2) is 24.3 Å².